The highest BCUT2D eigenvalue weighted by atomic mass is 16.5. The van der Waals surface area contributed by atoms with Crippen molar-refractivity contribution in [3.63, 3.8) is 0 Å². The van der Waals surface area contributed by atoms with Gasteiger partial charge in [-0.2, -0.15) is 0 Å². The molecule has 0 saturated heterocycles. The van der Waals surface area contributed by atoms with Gasteiger partial charge in [0, 0.05) is 31.5 Å². The van der Waals surface area contributed by atoms with Crippen molar-refractivity contribution in [1.82, 2.24) is 15.4 Å². The molecule has 3 amide bonds. The minimum absolute atomic E-state index is 0.0643. The predicted molar refractivity (Wildman–Crippen MR) is 128 cm³/mol. The van der Waals surface area contributed by atoms with Crippen LogP contribution in [0.3, 0.4) is 0 Å². The Hall–Kier alpha value is -3.88. The lowest BCUT2D eigenvalue weighted by Crippen LogP contribution is -2.45. The van der Waals surface area contributed by atoms with E-state index in [4.69, 9.17) is 8.94 Å². The molecule has 35 heavy (non-hydrogen) atoms. The molecule has 1 aliphatic carbocycles. The van der Waals surface area contributed by atoms with Crippen molar-refractivity contribution in [2.45, 2.75) is 64.1 Å². The standard InChI is InChI=1S/C26H30N4O5/c1-18-16-22(29-35-18)28-23(31)13-14-24(32)30(17-19-8-3-2-4-9-19)25(21-12-7-15-34-21)26(33)27-20-10-5-6-11-20/h2-4,7-9,12,15-16,20,25H,5-6,10-11,13-14,17H2,1H3,(H,27,33)(H,28,29,31)/t25-/m0/s1. The van der Waals surface area contributed by atoms with E-state index in [-0.39, 0.29) is 43.1 Å². The van der Waals surface area contributed by atoms with Gasteiger partial charge in [0.15, 0.2) is 11.9 Å². The van der Waals surface area contributed by atoms with Gasteiger partial charge in [-0.15, -0.1) is 0 Å². The van der Waals surface area contributed by atoms with Crippen molar-refractivity contribution in [3.05, 3.63) is 71.9 Å². The average molecular weight is 479 g/mol. The zero-order valence-corrected chi connectivity index (χ0v) is 19.7. The van der Waals surface area contributed by atoms with Crippen molar-refractivity contribution < 1.29 is 23.3 Å². The van der Waals surface area contributed by atoms with Crippen LogP contribution in [0.5, 0.6) is 0 Å². The Bertz CT molecular complexity index is 1120. The van der Waals surface area contributed by atoms with Crippen molar-refractivity contribution in [1.29, 1.82) is 0 Å². The molecule has 1 atom stereocenters. The molecule has 0 spiro atoms. The number of benzene rings is 1. The normalized spacial score (nSPS) is 14.4. The number of hydrogen-bond acceptors (Lipinski definition) is 6. The van der Waals surface area contributed by atoms with Crippen molar-refractivity contribution in [3.8, 4) is 0 Å². The Morgan fingerprint density at radius 1 is 1.09 bits per heavy atom. The zero-order valence-electron chi connectivity index (χ0n) is 19.7. The summed E-state index contributed by atoms with van der Waals surface area (Å²) >= 11 is 0. The monoisotopic (exact) mass is 478 g/mol. The third-order valence-electron chi connectivity index (χ3n) is 6.05. The maximum absolute atomic E-state index is 13.5. The highest BCUT2D eigenvalue weighted by Crippen LogP contribution is 2.27. The lowest BCUT2D eigenvalue weighted by Gasteiger charge is -2.31. The molecule has 4 rings (SSSR count). The molecule has 1 aromatic carbocycles. The van der Waals surface area contributed by atoms with Crippen LogP contribution < -0.4 is 10.6 Å². The van der Waals surface area contributed by atoms with Gasteiger partial charge in [-0.25, -0.2) is 0 Å². The van der Waals surface area contributed by atoms with E-state index in [1.54, 1.807) is 25.1 Å². The summed E-state index contributed by atoms with van der Waals surface area (Å²) in [6, 6.07) is 13.6. The summed E-state index contributed by atoms with van der Waals surface area (Å²) in [4.78, 5) is 40.8. The molecule has 0 aliphatic heterocycles. The van der Waals surface area contributed by atoms with Crippen LogP contribution in [0.2, 0.25) is 0 Å². The molecule has 2 N–H and O–H groups in total. The van der Waals surface area contributed by atoms with E-state index in [1.165, 1.54) is 11.2 Å². The van der Waals surface area contributed by atoms with E-state index in [2.05, 4.69) is 15.8 Å². The largest absolute Gasteiger partial charge is 0.467 e. The van der Waals surface area contributed by atoms with Crippen molar-refractivity contribution in [2.75, 3.05) is 5.32 Å². The topological polar surface area (TPSA) is 118 Å². The molecular formula is C26H30N4O5. The van der Waals surface area contributed by atoms with Crippen molar-refractivity contribution in [2.24, 2.45) is 0 Å². The Morgan fingerprint density at radius 3 is 2.51 bits per heavy atom. The molecular weight excluding hydrogens is 448 g/mol. The van der Waals surface area contributed by atoms with Gasteiger partial charge in [-0.3, -0.25) is 14.4 Å². The summed E-state index contributed by atoms with van der Waals surface area (Å²) in [6.45, 7) is 1.92. The van der Waals surface area contributed by atoms with Gasteiger partial charge in [-0.1, -0.05) is 48.3 Å². The number of carbonyl (C=O) groups excluding carboxylic acids is 3. The van der Waals surface area contributed by atoms with E-state index in [9.17, 15) is 14.4 Å². The SMILES string of the molecule is Cc1cc(NC(=O)CCC(=O)N(Cc2ccccc2)[C@H](C(=O)NC2CCCC2)c2ccco2)no1. The number of nitrogens with one attached hydrogen (secondary N) is 2. The summed E-state index contributed by atoms with van der Waals surface area (Å²) in [5.74, 6) is 0.274. The van der Waals surface area contributed by atoms with Crippen LogP contribution in [0.4, 0.5) is 5.82 Å². The Morgan fingerprint density at radius 2 is 1.86 bits per heavy atom. The first-order chi connectivity index (χ1) is 17.0. The van der Waals surface area contributed by atoms with Gasteiger partial charge in [-0.05, 0) is 37.5 Å². The second kappa shape index (κ2) is 11.5. The van der Waals surface area contributed by atoms with Crippen molar-refractivity contribution >= 4 is 23.5 Å². The summed E-state index contributed by atoms with van der Waals surface area (Å²) in [5.41, 5.74) is 0.869. The van der Waals surface area contributed by atoms with Crippen LogP contribution >= 0.6 is 0 Å². The number of carbonyl (C=O) groups is 3. The second-order valence-electron chi connectivity index (χ2n) is 8.79. The highest BCUT2D eigenvalue weighted by Gasteiger charge is 2.35. The number of furan rings is 1. The molecule has 1 fully saturated rings. The lowest BCUT2D eigenvalue weighted by atomic mass is 10.1. The Labute approximate surface area is 203 Å². The number of rotatable bonds is 10. The molecule has 2 aromatic heterocycles. The number of nitrogens with zero attached hydrogens (tertiary/aromatic N) is 2. The average Bonchev–Trinajstić information content (AvgIpc) is 3.62. The summed E-state index contributed by atoms with van der Waals surface area (Å²) in [6.07, 6.45) is 5.33. The fourth-order valence-corrected chi connectivity index (χ4v) is 4.32. The Balaban J connectivity index is 1.52. The molecule has 1 aliphatic rings. The molecule has 2 heterocycles. The molecule has 184 valence electrons. The Kier molecular flexibility index (Phi) is 7.97. The van der Waals surface area contributed by atoms with Gasteiger partial charge in [0.1, 0.15) is 11.5 Å². The first-order valence-electron chi connectivity index (χ1n) is 11.9. The third-order valence-corrected chi connectivity index (χ3v) is 6.05. The number of amides is 3. The molecule has 9 nitrogen and oxygen atoms in total. The lowest BCUT2D eigenvalue weighted by molar-refractivity contribution is -0.143. The van der Waals surface area contributed by atoms with E-state index < -0.39 is 6.04 Å². The smallest absolute Gasteiger partial charge is 0.250 e. The molecule has 0 unspecified atom stereocenters. The van der Waals surface area contributed by atoms with Gasteiger partial charge < -0.3 is 24.5 Å². The van der Waals surface area contributed by atoms with Gasteiger partial charge in [0.25, 0.3) is 5.91 Å². The molecule has 0 radical (unpaired) electrons. The second-order valence-corrected chi connectivity index (χ2v) is 8.79. The van der Waals surface area contributed by atoms with E-state index >= 15 is 0 Å². The number of aryl methyl sites for hydroxylation is 1. The van der Waals surface area contributed by atoms with Crippen LogP contribution in [-0.4, -0.2) is 33.8 Å². The van der Waals surface area contributed by atoms with Gasteiger partial charge in [0.2, 0.25) is 11.8 Å². The zero-order chi connectivity index (χ0) is 24.6. The van der Waals surface area contributed by atoms with Crippen LogP contribution in [0.1, 0.15) is 61.7 Å². The van der Waals surface area contributed by atoms with Crippen LogP contribution in [0.25, 0.3) is 0 Å². The maximum Gasteiger partial charge on any atom is 0.250 e. The maximum atomic E-state index is 13.5. The number of hydrogen-bond donors (Lipinski definition) is 2. The first kappa shape index (κ1) is 24.3. The summed E-state index contributed by atoms with van der Waals surface area (Å²) in [5, 5.41) is 9.46. The molecule has 1 saturated carbocycles. The fourth-order valence-electron chi connectivity index (χ4n) is 4.32. The molecule has 0 bridgehead atoms. The highest BCUT2D eigenvalue weighted by molar-refractivity contribution is 5.94. The van der Waals surface area contributed by atoms with Crippen LogP contribution in [0.15, 0.2) is 63.7 Å². The minimum Gasteiger partial charge on any atom is -0.467 e. The van der Waals surface area contributed by atoms with E-state index in [1.807, 2.05) is 30.3 Å². The van der Waals surface area contributed by atoms with Gasteiger partial charge in [0.05, 0.1) is 6.26 Å². The number of aromatic nitrogens is 1. The van der Waals surface area contributed by atoms with Gasteiger partial charge >= 0.3 is 0 Å². The van der Waals surface area contributed by atoms with Crippen LogP contribution in [0, 0.1) is 6.92 Å². The van der Waals surface area contributed by atoms with E-state index in [0.29, 0.717) is 17.3 Å². The molecule has 9 heteroatoms. The summed E-state index contributed by atoms with van der Waals surface area (Å²) < 4.78 is 10.6. The van der Waals surface area contributed by atoms with Crippen LogP contribution in [-0.2, 0) is 20.9 Å². The van der Waals surface area contributed by atoms with E-state index in [0.717, 1.165) is 31.2 Å². The predicted octanol–water partition coefficient (Wildman–Crippen LogP) is 4.12. The fraction of sp³-hybridized carbons (Fsp3) is 0.385. The quantitative estimate of drug-likeness (QED) is 0.453. The molecule has 3 aromatic rings. The third kappa shape index (κ3) is 6.59. The number of anilines is 1. The first-order valence-corrected chi connectivity index (χ1v) is 11.9. The summed E-state index contributed by atoms with van der Waals surface area (Å²) in [7, 11) is 0. The minimum atomic E-state index is -0.945.